The fourth-order valence-electron chi connectivity index (χ4n) is 3.37. The van der Waals surface area contributed by atoms with E-state index in [9.17, 15) is 8.42 Å². The minimum absolute atomic E-state index is 0.511. The summed E-state index contributed by atoms with van der Waals surface area (Å²) in [6.45, 7) is 6.55. The van der Waals surface area contributed by atoms with E-state index in [0.29, 0.717) is 11.7 Å². The highest BCUT2D eigenvalue weighted by atomic mass is 32.2. The Balaban J connectivity index is 2.06. The van der Waals surface area contributed by atoms with Crippen molar-refractivity contribution in [2.75, 3.05) is 16.3 Å². The molecule has 0 saturated heterocycles. The monoisotopic (exact) mass is 310 g/mol. The van der Waals surface area contributed by atoms with E-state index in [-0.39, 0.29) is 0 Å². The summed E-state index contributed by atoms with van der Waals surface area (Å²) in [6.07, 6.45) is 4.89. The van der Waals surface area contributed by atoms with Crippen LogP contribution in [0.25, 0.3) is 0 Å². The molecule has 1 aromatic rings. The van der Waals surface area contributed by atoms with Gasteiger partial charge >= 0.3 is 0 Å². The van der Waals surface area contributed by atoms with Crippen molar-refractivity contribution >= 4 is 21.4 Å². The molecule has 1 saturated carbocycles. The lowest BCUT2D eigenvalue weighted by atomic mass is 9.80. The fraction of sp³-hybridized carbons (Fsp3) is 0.625. The summed E-state index contributed by atoms with van der Waals surface area (Å²) >= 11 is 0. The molecule has 1 aliphatic rings. The predicted octanol–water partition coefficient (Wildman–Crippen LogP) is 3.60. The van der Waals surface area contributed by atoms with E-state index < -0.39 is 10.0 Å². The lowest BCUT2D eigenvalue weighted by Gasteiger charge is -2.32. The molecule has 2 rings (SSSR count). The first-order valence-corrected chi connectivity index (χ1v) is 9.47. The van der Waals surface area contributed by atoms with Gasteiger partial charge < -0.3 is 5.32 Å². The average molecular weight is 310 g/mol. The highest BCUT2D eigenvalue weighted by molar-refractivity contribution is 7.92. The van der Waals surface area contributed by atoms with Crippen molar-refractivity contribution in [3.63, 3.8) is 0 Å². The molecule has 1 aromatic carbocycles. The lowest BCUT2D eigenvalue weighted by molar-refractivity contribution is 0.281. The van der Waals surface area contributed by atoms with Crippen LogP contribution < -0.4 is 10.0 Å². The molecule has 2 unspecified atom stereocenters. The summed E-state index contributed by atoms with van der Waals surface area (Å²) in [5, 5.41) is 3.60. The fourth-order valence-corrected chi connectivity index (χ4v) is 4.00. The topological polar surface area (TPSA) is 58.2 Å². The van der Waals surface area contributed by atoms with E-state index >= 15 is 0 Å². The van der Waals surface area contributed by atoms with E-state index in [1.165, 1.54) is 25.5 Å². The molecule has 4 nitrogen and oxygen atoms in total. The van der Waals surface area contributed by atoms with Crippen LogP contribution in [0.5, 0.6) is 0 Å². The molecule has 0 radical (unpaired) electrons. The number of anilines is 2. The maximum absolute atomic E-state index is 11.3. The van der Waals surface area contributed by atoms with Gasteiger partial charge in [-0.05, 0) is 61.8 Å². The van der Waals surface area contributed by atoms with E-state index in [1.807, 2.05) is 25.1 Å². The number of aryl methyl sites for hydroxylation is 1. The highest BCUT2D eigenvalue weighted by Gasteiger charge is 2.23. The third kappa shape index (κ3) is 4.92. The largest absolute Gasteiger partial charge is 0.382 e. The zero-order valence-corrected chi connectivity index (χ0v) is 14.1. The van der Waals surface area contributed by atoms with Crippen LogP contribution in [0.1, 0.15) is 38.7 Å². The Morgan fingerprint density at radius 2 is 1.71 bits per heavy atom. The molecule has 1 fully saturated rings. The van der Waals surface area contributed by atoms with Gasteiger partial charge in [0.25, 0.3) is 0 Å². The van der Waals surface area contributed by atoms with Crippen LogP contribution in [0.3, 0.4) is 0 Å². The van der Waals surface area contributed by atoms with Crippen molar-refractivity contribution < 1.29 is 8.42 Å². The van der Waals surface area contributed by atoms with Gasteiger partial charge in [0.05, 0.1) is 11.9 Å². The molecule has 0 aromatic heterocycles. The maximum Gasteiger partial charge on any atom is 0.229 e. The Kier molecular flexibility index (Phi) is 4.81. The molecular formula is C16H26N2O2S. The maximum atomic E-state index is 11.3. The van der Waals surface area contributed by atoms with Gasteiger partial charge in [-0.1, -0.05) is 13.8 Å². The standard InChI is InChI=1S/C16H26N2O2S/c1-11-7-12(2)9-15(8-11)17-14-5-6-16(13(3)10-14)18-21(4,19)20/h5-6,10-12,15,17-18H,7-9H2,1-4H3. The molecule has 0 heterocycles. The Bertz CT molecular complexity index is 588. The third-order valence-electron chi connectivity index (χ3n) is 4.07. The van der Waals surface area contributed by atoms with Gasteiger partial charge in [0.15, 0.2) is 0 Å². The summed E-state index contributed by atoms with van der Waals surface area (Å²) in [4.78, 5) is 0. The van der Waals surface area contributed by atoms with Gasteiger partial charge in [-0.25, -0.2) is 8.42 Å². The van der Waals surface area contributed by atoms with Crippen molar-refractivity contribution in [2.45, 2.75) is 46.1 Å². The summed E-state index contributed by atoms with van der Waals surface area (Å²) in [5.74, 6) is 1.53. The summed E-state index contributed by atoms with van der Waals surface area (Å²) < 4.78 is 25.1. The molecule has 0 amide bonds. The SMILES string of the molecule is Cc1cc(NC2CC(C)CC(C)C2)ccc1NS(C)(=O)=O. The van der Waals surface area contributed by atoms with Crippen LogP contribution in [0.2, 0.25) is 0 Å². The molecule has 2 atom stereocenters. The minimum Gasteiger partial charge on any atom is -0.382 e. The number of benzene rings is 1. The van der Waals surface area contributed by atoms with Crippen LogP contribution >= 0.6 is 0 Å². The number of nitrogens with one attached hydrogen (secondary N) is 2. The molecule has 0 aliphatic heterocycles. The third-order valence-corrected chi connectivity index (χ3v) is 4.66. The van der Waals surface area contributed by atoms with Gasteiger partial charge in [-0.2, -0.15) is 0 Å². The number of hydrogen-bond donors (Lipinski definition) is 2. The molecule has 2 N–H and O–H groups in total. The zero-order valence-electron chi connectivity index (χ0n) is 13.3. The average Bonchev–Trinajstić information content (AvgIpc) is 2.30. The predicted molar refractivity (Wildman–Crippen MR) is 89.2 cm³/mol. The molecule has 0 spiro atoms. The molecular weight excluding hydrogens is 284 g/mol. The molecule has 0 bridgehead atoms. The van der Waals surface area contributed by atoms with Gasteiger partial charge in [0.2, 0.25) is 10.0 Å². The van der Waals surface area contributed by atoms with Crippen LogP contribution in [0, 0.1) is 18.8 Å². The van der Waals surface area contributed by atoms with Crippen molar-refractivity contribution in [3.05, 3.63) is 23.8 Å². The lowest BCUT2D eigenvalue weighted by Crippen LogP contribution is -2.30. The van der Waals surface area contributed by atoms with Crippen molar-refractivity contribution in [3.8, 4) is 0 Å². The highest BCUT2D eigenvalue weighted by Crippen LogP contribution is 2.31. The van der Waals surface area contributed by atoms with Crippen LogP contribution in [-0.4, -0.2) is 20.7 Å². The normalized spacial score (nSPS) is 26.4. The van der Waals surface area contributed by atoms with Gasteiger partial charge in [-0.15, -0.1) is 0 Å². The van der Waals surface area contributed by atoms with Gasteiger partial charge in [0, 0.05) is 11.7 Å². The first-order valence-electron chi connectivity index (χ1n) is 7.58. The first-order chi connectivity index (χ1) is 9.73. The van der Waals surface area contributed by atoms with Crippen molar-refractivity contribution in [2.24, 2.45) is 11.8 Å². The van der Waals surface area contributed by atoms with E-state index in [1.54, 1.807) is 0 Å². The molecule has 1 aliphatic carbocycles. The number of sulfonamides is 1. The van der Waals surface area contributed by atoms with Crippen LogP contribution in [-0.2, 0) is 10.0 Å². The smallest absolute Gasteiger partial charge is 0.229 e. The van der Waals surface area contributed by atoms with E-state index in [4.69, 9.17) is 0 Å². The van der Waals surface area contributed by atoms with Crippen LogP contribution in [0.4, 0.5) is 11.4 Å². The Morgan fingerprint density at radius 1 is 1.10 bits per heavy atom. The zero-order chi connectivity index (χ0) is 15.6. The van der Waals surface area contributed by atoms with E-state index in [0.717, 1.165) is 23.1 Å². The minimum atomic E-state index is -3.22. The van der Waals surface area contributed by atoms with Gasteiger partial charge in [-0.3, -0.25) is 4.72 Å². The second-order valence-electron chi connectivity index (χ2n) is 6.66. The number of rotatable bonds is 4. The second-order valence-corrected chi connectivity index (χ2v) is 8.41. The first kappa shape index (κ1) is 16.1. The number of hydrogen-bond acceptors (Lipinski definition) is 3. The van der Waals surface area contributed by atoms with Gasteiger partial charge in [0.1, 0.15) is 0 Å². The van der Waals surface area contributed by atoms with Crippen molar-refractivity contribution in [1.29, 1.82) is 0 Å². The molecule has 5 heteroatoms. The van der Waals surface area contributed by atoms with Crippen LogP contribution in [0.15, 0.2) is 18.2 Å². The quantitative estimate of drug-likeness (QED) is 0.893. The Morgan fingerprint density at radius 3 is 2.24 bits per heavy atom. The van der Waals surface area contributed by atoms with E-state index in [2.05, 4.69) is 23.9 Å². The Hall–Kier alpha value is -1.23. The molecule has 21 heavy (non-hydrogen) atoms. The van der Waals surface area contributed by atoms with Crippen molar-refractivity contribution in [1.82, 2.24) is 0 Å². The molecule has 118 valence electrons. The Labute approximate surface area is 128 Å². The summed E-state index contributed by atoms with van der Waals surface area (Å²) in [7, 11) is -3.22. The second kappa shape index (κ2) is 6.26. The summed E-state index contributed by atoms with van der Waals surface area (Å²) in [6, 6.07) is 6.30. The summed E-state index contributed by atoms with van der Waals surface area (Å²) in [5.41, 5.74) is 2.65.